The van der Waals surface area contributed by atoms with E-state index in [1.54, 1.807) is 0 Å². The first kappa shape index (κ1) is 10.1. The summed E-state index contributed by atoms with van der Waals surface area (Å²) in [4.78, 5) is 12.0. The van der Waals surface area contributed by atoms with Crippen molar-refractivity contribution < 1.29 is 9.53 Å². The van der Waals surface area contributed by atoms with Crippen molar-refractivity contribution in [1.29, 1.82) is 0 Å². The molecule has 0 aliphatic rings. The van der Waals surface area contributed by atoms with Crippen molar-refractivity contribution in [3.8, 4) is 0 Å². The quantitative estimate of drug-likeness (QED) is 0.580. The van der Waals surface area contributed by atoms with Gasteiger partial charge in [-0.3, -0.25) is 4.79 Å². The van der Waals surface area contributed by atoms with E-state index in [1.165, 1.54) is 7.11 Å². The SMILES string of the molecule is COC(=O)C(C)c1ccc(S)cc1. The van der Waals surface area contributed by atoms with Gasteiger partial charge in [0.2, 0.25) is 0 Å². The highest BCUT2D eigenvalue weighted by molar-refractivity contribution is 7.80. The maximum Gasteiger partial charge on any atom is 0.312 e. The molecule has 0 aliphatic heterocycles. The number of ether oxygens (including phenoxy) is 1. The molecule has 1 aromatic rings. The van der Waals surface area contributed by atoms with Gasteiger partial charge in [0, 0.05) is 4.90 Å². The van der Waals surface area contributed by atoms with Crippen molar-refractivity contribution >= 4 is 18.6 Å². The first-order valence-electron chi connectivity index (χ1n) is 4.02. The summed E-state index contributed by atoms with van der Waals surface area (Å²) in [6.45, 7) is 1.82. The van der Waals surface area contributed by atoms with Gasteiger partial charge in [-0.25, -0.2) is 0 Å². The van der Waals surface area contributed by atoms with Crippen LogP contribution in [0.25, 0.3) is 0 Å². The van der Waals surface area contributed by atoms with E-state index in [0.29, 0.717) is 0 Å². The maximum absolute atomic E-state index is 11.2. The Labute approximate surface area is 83.3 Å². The Hall–Kier alpha value is -0.960. The van der Waals surface area contributed by atoms with Crippen LogP contribution in [0.2, 0.25) is 0 Å². The van der Waals surface area contributed by atoms with Crippen molar-refractivity contribution in [2.75, 3.05) is 7.11 Å². The zero-order chi connectivity index (χ0) is 9.84. The van der Waals surface area contributed by atoms with Gasteiger partial charge >= 0.3 is 5.97 Å². The van der Waals surface area contributed by atoms with Crippen LogP contribution >= 0.6 is 12.6 Å². The third-order valence-electron chi connectivity index (χ3n) is 1.95. The van der Waals surface area contributed by atoms with Gasteiger partial charge in [-0.15, -0.1) is 12.6 Å². The van der Waals surface area contributed by atoms with E-state index >= 15 is 0 Å². The average molecular weight is 196 g/mol. The van der Waals surface area contributed by atoms with E-state index in [2.05, 4.69) is 17.4 Å². The molecule has 1 unspecified atom stereocenters. The molecule has 1 rings (SSSR count). The van der Waals surface area contributed by atoms with Gasteiger partial charge in [0.1, 0.15) is 0 Å². The van der Waals surface area contributed by atoms with Crippen LogP contribution in [0.4, 0.5) is 0 Å². The smallest absolute Gasteiger partial charge is 0.312 e. The molecule has 0 saturated carbocycles. The third-order valence-corrected chi connectivity index (χ3v) is 2.25. The molecule has 13 heavy (non-hydrogen) atoms. The van der Waals surface area contributed by atoms with Crippen LogP contribution in [-0.4, -0.2) is 13.1 Å². The minimum atomic E-state index is -0.216. The Morgan fingerprint density at radius 1 is 1.38 bits per heavy atom. The van der Waals surface area contributed by atoms with E-state index in [1.807, 2.05) is 31.2 Å². The highest BCUT2D eigenvalue weighted by Gasteiger charge is 2.14. The molecule has 3 heteroatoms. The summed E-state index contributed by atoms with van der Waals surface area (Å²) < 4.78 is 4.64. The Balaban J connectivity index is 2.83. The molecule has 0 aromatic heterocycles. The van der Waals surface area contributed by atoms with Gasteiger partial charge in [-0.1, -0.05) is 12.1 Å². The Morgan fingerprint density at radius 3 is 2.38 bits per heavy atom. The predicted octanol–water partition coefficient (Wildman–Crippen LogP) is 2.25. The minimum absolute atomic E-state index is 0.209. The molecule has 0 bridgehead atoms. The summed E-state index contributed by atoms with van der Waals surface area (Å²) >= 11 is 4.16. The van der Waals surface area contributed by atoms with Crippen molar-refractivity contribution in [3.05, 3.63) is 29.8 Å². The van der Waals surface area contributed by atoms with E-state index in [4.69, 9.17) is 0 Å². The lowest BCUT2D eigenvalue weighted by Gasteiger charge is -2.08. The fourth-order valence-electron chi connectivity index (χ4n) is 1.08. The lowest BCUT2D eigenvalue weighted by atomic mass is 10.0. The Morgan fingerprint density at radius 2 is 1.92 bits per heavy atom. The van der Waals surface area contributed by atoms with Crippen molar-refractivity contribution in [1.82, 2.24) is 0 Å². The molecule has 0 spiro atoms. The minimum Gasteiger partial charge on any atom is -0.469 e. The predicted molar refractivity (Wildman–Crippen MR) is 54.1 cm³/mol. The van der Waals surface area contributed by atoms with Gasteiger partial charge in [-0.2, -0.15) is 0 Å². The van der Waals surface area contributed by atoms with Crippen molar-refractivity contribution in [2.45, 2.75) is 17.7 Å². The number of hydrogen-bond donors (Lipinski definition) is 1. The Bertz CT molecular complexity index is 292. The summed E-state index contributed by atoms with van der Waals surface area (Å²) in [5.41, 5.74) is 0.949. The number of carbonyl (C=O) groups excluding carboxylic acids is 1. The monoisotopic (exact) mass is 196 g/mol. The van der Waals surface area contributed by atoms with Crippen LogP contribution in [0.1, 0.15) is 18.4 Å². The third kappa shape index (κ3) is 2.49. The largest absolute Gasteiger partial charge is 0.469 e. The molecule has 2 nitrogen and oxygen atoms in total. The lowest BCUT2D eigenvalue weighted by Crippen LogP contribution is -2.10. The highest BCUT2D eigenvalue weighted by Crippen LogP contribution is 2.18. The van der Waals surface area contributed by atoms with Gasteiger partial charge in [0.15, 0.2) is 0 Å². The second-order valence-electron chi connectivity index (χ2n) is 2.84. The van der Waals surface area contributed by atoms with E-state index in [9.17, 15) is 4.79 Å². The molecule has 0 heterocycles. The van der Waals surface area contributed by atoms with Crippen molar-refractivity contribution in [2.24, 2.45) is 0 Å². The normalized spacial score (nSPS) is 12.2. The molecule has 0 N–H and O–H groups in total. The zero-order valence-corrected chi connectivity index (χ0v) is 8.54. The number of methoxy groups -OCH3 is 1. The van der Waals surface area contributed by atoms with Crippen LogP contribution in [0.5, 0.6) is 0 Å². The fourth-order valence-corrected chi connectivity index (χ4v) is 1.22. The van der Waals surface area contributed by atoms with E-state index in [0.717, 1.165) is 10.5 Å². The number of carbonyl (C=O) groups is 1. The molecule has 0 amide bonds. The summed E-state index contributed by atoms with van der Waals surface area (Å²) in [5.74, 6) is -0.425. The zero-order valence-electron chi connectivity index (χ0n) is 7.65. The maximum atomic E-state index is 11.2. The number of benzene rings is 1. The van der Waals surface area contributed by atoms with E-state index < -0.39 is 0 Å². The average Bonchev–Trinajstić information content (AvgIpc) is 2.17. The molecule has 0 aliphatic carbocycles. The number of hydrogen-bond acceptors (Lipinski definition) is 3. The van der Waals surface area contributed by atoms with E-state index in [-0.39, 0.29) is 11.9 Å². The molecule has 0 radical (unpaired) electrons. The first-order valence-corrected chi connectivity index (χ1v) is 4.46. The number of esters is 1. The number of rotatable bonds is 2. The lowest BCUT2D eigenvalue weighted by molar-refractivity contribution is -0.141. The van der Waals surface area contributed by atoms with Gasteiger partial charge in [0.25, 0.3) is 0 Å². The fraction of sp³-hybridized carbons (Fsp3) is 0.300. The topological polar surface area (TPSA) is 26.3 Å². The molecular formula is C10H12O2S. The number of thiol groups is 1. The molecule has 1 atom stereocenters. The van der Waals surface area contributed by atoms with Crippen LogP contribution in [0.15, 0.2) is 29.2 Å². The standard InChI is InChI=1S/C10H12O2S/c1-7(10(11)12-2)8-3-5-9(13)6-4-8/h3-7,13H,1-2H3. The highest BCUT2D eigenvalue weighted by atomic mass is 32.1. The van der Waals surface area contributed by atoms with Gasteiger partial charge < -0.3 is 4.74 Å². The molecule has 0 fully saturated rings. The summed E-state index contributed by atoms with van der Waals surface area (Å²) in [6, 6.07) is 7.48. The molecule has 1 aromatic carbocycles. The molecule has 0 saturated heterocycles. The molecular weight excluding hydrogens is 184 g/mol. The second-order valence-corrected chi connectivity index (χ2v) is 3.35. The Kier molecular flexibility index (Phi) is 3.37. The van der Waals surface area contributed by atoms with Crippen LogP contribution in [0, 0.1) is 0 Å². The van der Waals surface area contributed by atoms with Crippen LogP contribution < -0.4 is 0 Å². The summed E-state index contributed by atoms with van der Waals surface area (Å²) in [7, 11) is 1.39. The van der Waals surface area contributed by atoms with Gasteiger partial charge in [-0.05, 0) is 24.6 Å². The summed E-state index contributed by atoms with van der Waals surface area (Å²) in [5, 5.41) is 0. The second kappa shape index (κ2) is 4.33. The van der Waals surface area contributed by atoms with Crippen molar-refractivity contribution in [3.63, 3.8) is 0 Å². The molecule has 70 valence electrons. The van der Waals surface area contributed by atoms with Crippen LogP contribution in [-0.2, 0) is 9.53 Å². The first-order chi connectivity index (χ1) is 6.15. The van der Waals surface area contributed by atoms with Crippen LogP contribution in [0.3, 0.4) is 0 Å². The van der Waals surface area contributed by atoms with Gasteiger partial charge in [0.05, 0.1) is 13.0 Å². The summed E-state index contributed by atoms with van der Waals surface area (Å²) in [6.07, 6.45) is 0.